The van der Waals surface area contributed by atoms with E-state index in [2.05, 4.69) is 47.5 Å². The van der Waals surface area contributed by atoms with Gasteiger partial charge in [-0.1, -0.05) is 18.2 Å². The zero-order valence-corrected chi connectivity index (χ0v) is 25.4. The van der Waals surface area contributed by atoms with Crippen LogP contribution in [-0.4, -0.2) is 109 Å². The number of piperidine rings is 1. The Kier molecular flexibility index (Phi) is 9.98. The zero-order valence-electron chi connectivity index (χ0n) is 24.6. The second kappa shape index (κ2) is 14.4. The molecule has 234 valence electrons. The number of morpholine rings is 1. The highest BCUT2D eigenvalue weighted by Crippen LogP contribution is 2.27. The number of carbonyl (C=O) groups excluding carboxylic acids is 1. The highest BCUT2D eigenvalue weighted by atomic mass is 32.2. The highest BCUT2D eigenvalue weighted by Gasteiger charge is 2.24. The summed E-state index contributed by atoms with van der Waals surface area (Å²) in [5, 5.41) is 17.5. The van der Waals surface area contributed by atoms with Gasteiger partial charge in [-0.15, -0.1) is 0 Å². The lowest BCUT2D eigenvalue weighted by Gasteiger charge is -2.34. The molecule has 4 heterocycles. The van der Waals surface area contributed by atoms with Crippen molar-refractivity contribution >= 4 is 45.6 Å². The number of hydrogen-bond donors (Lipinski definition) is 5. The molecule has 0 radical (unpaired) electrons. The minimum Gasteiger partial charge on any atom is -0.489 e. The van der Waals surface area contributed by atoms with Crippen LogP contribution in [-0.2, 0) is 9.53 Å². The molecule has 0 unspecified atom stereocenters. The summed E-state index contributed by atoms with van der Waals surface area (Å²) in [6.07, 6.45) is 3.17. The Balaban J connectivity index is 0.919. The molecular weight excluding hydrogens is 582 g/mol. The molecule has 3 aliphatic heterocycles. The Bertz CT molecular complexity index is 1540. The second-order valence-corrected chi connectivity index (χ2v) is 12.2. The molecule has 44 heavy (non-hydrogen) atoms. The summed E-state index contributed by atoms with van der Waals surface area (Å²) in [6.45, 7) is 7.30. The second-order valence-electron chi connectivity index (χ2n) is 11.2. The first kappa shape index (κ1) is 30.4. The Labute approximate surface area is 259 Å². The van der Waals surface area contributed by atoms with Gasteiger partial charge in [-0.3, -0.25) is 14.7 Å². The van der Waals surface area contributed by atoms with Crippen molar-refractivity contribution in [2.24, 2.45) is 4.99 Å². The lowest BCUT2D eigenvalue weighted by Crippen LogP contribution is -2.45. The molecule has 3 aromatic rings. The first-order valence-corrected chi connectivity index (χ1v) is 16.0. The number of amidine groups is 1. The predicted octanol–water partition coefficient (Wildman–Crippen LogP) is 1.75. The number of nitrogens with one attached hydrogen (secondary N) is 4. The van der Waals surface area contributed by atoms with E-state index in [4.69, 9.17) is 9.47 Å². The Morgan fingerprint density at radius 3 is 2.68 bits per heavy atom. The van der Waals surface area contributed by atoms with Crippen molar-refractivity contribution in [3.05, 3.63) is 63.4 Å². The van der Waals surface area contributed by atoms with Gasteiger partial charge >= 0.3 is 5.69 Å². The number of amides is 1. The fraction of sp³-hybridized carbons (Fsp3) is 0.452. The molecule has 2 aromatic carbocycles. The summed E-state index contributed by atoms with van der Waals surface area (Å²) >= 11 is 1.39. The normalized spacial score (nSPS) is 20.9. The number of hydrogen-bond acceptors (Lipinski definition) is 10. The number of imidazole rings is 1. The number of H-pyrrole nitrogens is 2. The van der Waals surface area contributed by atoms with E-state index in [9.17, 15) is 14.7 Å². The standard InChI is InChI=1S/C31H39N7O5S/c39-24(20-43-26-3-1-2-25-28(26)35-30(41)34-25)19-33-22-8-11-38(12-9-22)23-6-4-21(5-7-23)18-27-29(40)36-31(44-27)32-10-13-37-14-16-42-17-15-37/h1-7,18,22,24,33,39H,8-17,19-20H2,(H,32,36,40)(H2,34,35,41)/t24-/m0/s1. The highest BCUT2D eigenvalue weighted by molar-refractivity contribution is 8.18. The Morgan fingerprint density at radius 2 is 1.89 bits per heavy atom. The number of aliphatic hydroxyl groups is 1. The summed E-state index contributed by atoms with van der Waals surface area (Å²) in [7, 11) is 0. The van der Waals surface area contributed by atoms with Gasteiger partial charge in [0.1, 0.15) is 24.0 Å². The molecule has 3 aliphatic rings. The number of thioether (sulfide) groups is 1. The van der Waals surface area contributed by atoms with Gasteiger partial charge in [0.15, 0.2) is 5.17 Å². The SMILES string of the molecule is O=C1NC(=NCCN2CCOCC2)SC1=Cc1ccc(N2CCC(NC[C@H](O)COc3cccc4[nH]c(=O)[nH]c34)CC2)cc1. The number of aromatic amines is 2. The van der Waals surface area contributed by atoms with Gasteiger partial charge in [0.05, 0.1) is 30.2 Å². The van der Waals surface area contributed by atoms with Crippen molar-refractivity contribution in [2.75, 3.05) is 70.5 Å². The molecule has 6 rings (SSSR count). The molecular formula is C31H39N7O5S. The number of fused-ring (bicyclic) bond motifs is 1. The summed E-state index contributed by atoms with van der Waals surface area (Å²) in [5.74, 6) is 0.430. The summed E-state index contributed by atoms with van der Waals surface area (Å²) in [6, 6.07) is 14.0. The van der Waals surface area contributed by atoms with Crippen molar-refractivity contribution < 1.29 is 19.4 Å². The molecule has 0 spiro atoms. The number of para-hydroxylation sites is 1. The maximum absolute atomic E-state index is 12.5. The average molecular weight is 622 g/mol. The lowest BCUT2D eigenvalue weighted by molar-refractivity contribution is -0.115. The third kappa shape index (κ3) is 7.90. The van der Waals surface area contributed by atoms with Crippen LogP contribution < -0.4 is 26.0 Å². The van der Waals surface area contributed by atoms with E-state index >= 15 is 0 Å². The molecule has 12 nitrogen and oxygen atoms in total. The van der Waals surface area contributed by atoms with Crippen LogP contribution in [0, 0.1) is 0 Å². The zero-order chi connectivity index (χ0) is 30.3. The van der Waals surface area contributed by atoms with E-state index in [1.54, 1.807) is 18.2 Å². The first-order chi connectivity index (χ1) is 21.5. The predicted molar refractivity (Wildman–Crippen MR) is 173 cm³/mol. The van der Waals surface area contributed by atoms with Gasteiger partial charge in [0.25, 0.3) is 5.91 Å². The molecule has 3 fully saturated rings. The number of benzene rings is 2. The van der Waals surface area contributed by atoms with Gasteiger partial charge in [-0.2, -0.15) is 0 Å². The Hall–Kier alpha value is -3.62. The molecule has 1 amide bonds. The summed E-state index contributed by atoms with van der Waals surface area (Å²) in [4.78, 5) is 39.4. The van der Waals surface area contributed by atoms with Crippen LogP contribution in [0.1, 0.15) is 18.4 Å². The quantitative estimate of drug-likeness (QED) is 0.202. The molecule has 13 heteroatoms. The Morgan fingerprint density at radius 1 is 1.09 bits per heavy atom. The van der Waals surface area contributed by atoms with Crippen molar-refractivity contribution in [2.45, 2.75) is 25.0 Å². The fourth-order valence-electron chi connectivity index (χ4n) is 5.59. The van der Waals surface area contributed by atoms with Crippen molar-refractivity contribution in [1.29, 1.82) is 0 Å². The van der Waals surface area contributed by atoms with Crippen molar-refractivity contribution in [3.8, 4) is 5.75 Å². The maximum Gasteiger partial charge on any atom is 0.323 e. The van der Waals surface area contributed by atoms with Crippen LogP contribution in [0.15, 0.2) is 57.2 Å². The van der Waals surface area contributed by atoms with Crippen LogP contribution in [0.5, 0.6) is 5.75 Å². The number of anilines is 1. The van der Waals surface area contributed by atoms with Gasteiger partial charge < -0.3 is 40.1 Å². The number of aromatic nitrogens is 2. The number of carbonyl (C=O) groups is 1. The van der Waals surface area contributed by atoms with Crippen molar-refractivity contribution in [3.63, 3.8) is 0 Å². The van der Waals surface area contributed by atoms with E-state index < -0.39 is 6.10 Å². The van der Waals surface area contributed by atoms with Crippen LogP contribution in [0.25, 0.3) is 17.1 Å². The molecule has 5 N–H and O–H groups in total. The van der Waals surface area contributed by atoms with Gasteiger partial charge in [0.2, 0.25) is 0 Å². The average Bonchev–Trinajstić information content (AvgIpc) is 3.60. The van der Waals surface area contributed by atoms with E-state index in [0.29, 0.717) is 46.0 Å². The number of aliphatic hydroxyl groups excluding tert-OH is 1. The maximum atomic E-state index is 12.5. The largest absolute Gasteiger partial charge is 0.489 e. The molecule has 0 saturated carbocycles. The van der Waals surface area contributed by atoms with E-state index in [0.717, 1.165) is 70.0 Å². The number of rotatable bonds is 11. The number of ether oxygens (including phenoxy) is 2. The number of nitrogens with zero attached hydrogens (tertiary/aromatic N) is 3. The van der Waals surface area contributed by atoms with E-state index in [1.807, 2.05) is 18.2 Å². The van der Waals surface area contributed by atoms with Gasteiger partial charge in [-0.05, 0) is 60.5 Å². The topological polar surface area (TPSA) is 147 Å². The molecule has 0 bridgehead atoms. The van der Waals surface area contributed by atoms with Crippen molar-refractivity contribution in [1.82, 2.24) is 25.5 Å². The van der Waals surface area contributed by atoms with Crippen LogP contribution in [0.4, 0.5) is 5.69 Å². The van der Waals surface area contributed by atoms with Crippen LogP contribution in [0.3, 0.4) is 0 Å². The molecule has 0 aliphatic carbocycles. The van der Waals surface area contributed by atoms with E-state index in [-0.39, 0.29) is 18.2 Å². The molecule has 1 aromatic heterocycles. The van der Waals surface area contributed by atoms with Crippen LogP contribution in [0.2, 0.25) is 0 Å². The van der Waals surface area contributed by atoms with Gasteiger partial charge in [-0.25, -0.2) is 4.79 Å². The minimum atomic E-state index is -0.673. The molecule has 3 saturated heterocycles. The lowest BCUT2D eigenvalue weighted by atomic mass is 10.0. The number of aliphatic imine (C=N–C) groups is 1. The summed E-state index contributed by atoms with van der Waals surface area (Å²) in [5.41, 5.74) is 3.13. The van der Waals surface area contributed by atoms with Crippen LogP contribution >= 0.6 is 11.8 Å². The molecule has 1 atom stereocenters. The minimum absolute atomic E-state index is 0.107. The fourth-order valence-corrected chi connectivity index (χ4v) is 6.44. The van der Waals surface area contributed by atoms with E-state index in [1.165, 1.54) is 11.8 Å². The smallest absolute Gasteiger partial charge is 0.323 e. The van der Waals surface area contributed by atoms with Gasteiger partial charge in [0, 0.05) is 51.0 Å². The summed E-state index contributed by atoms with van der Waals surface area (Å²) < 4.78 is 11.2. The third-order valence-electron chi connectivity index (χ3n) is 8.06. The monoisotopic (exact) mass is 621 g/mol. The third-order valence-corrected chi connectivity index (χ3v) is 9.01. The first-order valence-electron chi connectivity index (χ1n) is 15.2.